The molecular weight excluding hydrogens is 356 g/mol. The Morgan fingerprint density at radius 3 is 2.75 bits per heavy atom. The van der Waals surface area contributed by atoms with Gasteiger partial charge in [-0.2, -0.15) is 0 Å². The van der Waals surface area contributed by atoms with Crippen LogP contribution >= 0.6 is 0 Å². The third kappa shape index (κ3) is 4.45. The Hall–Kier alpha value is -1.35. The zero-order valence-corrected chi connectivity index (χ0v) is 16.9. The van der Waals surface area contributed by atoms with Crippen LogP contribution in [0.25, 0.3) is 0 Å². The van der Waals surface area contributed by atoms with Gasteiger partial charge in [0.2, 0.25) is 0 Å². The highest BCUT2D eigenvalue weighted by molar-refractivity contribution is 5.66. The summed E-state index contributed by atoms with van der Waals surface area (Å²) < 4.78 is 5.94. The molecule has 3 aliphatic rings. The van der Waals surface area contributed by atoms with Gasteiger partial charge in [-0.25, -0.2) is 0 Å². The van der Waals surface area contributed by atoms with Crippen molar-refractivity contribution < 1.29 is 24.9 Å². The van der Waals surface area contributed by atoms with Crippen molar-refractivity contribution in [1.29, 1.82) is 0 Å². The van der Waals surface area contributed by atoms with Crippen molar-refractivity contribution in [3.05, 3.63) is 11.6 Å². The van der Waals surface area contributed by atoms with E-state index in [4.69, 9.17) is 9.84 Å². The SMILES string of the molecule is CO[C@]12CC[C@@H](O)[C@H](C#CC(O)C3CCCCC3)[C@H]1CC2=CCCCC(=O)O. The van der Waals surface area contributed by atoms with Crippen LogP contribution in [-0.4, -0.2) is 46.2 Å². The highest BCUT2D eigenvalue weighted by Gasteiger charge is 2.58. The largest absolute Gasteiger partial charge is 0.481 e. The van der Waals surface area contributed by atoms with Gasteiger partial charge in [0.25, 0.3) is 0 Å². The van der Waals surface area contributed by atoms with Crippen LogP contribution in [0.3, 0.4) is 0 Å². The van der Waals surface area contributed by atoms with Crippen LogP contribution in [0.4, 0.5) is 0 Å². The molecule has 3 aliphatic carbocycles. The minimum Gasteiger partial charge on any atom is -0.481 e. The number of methoxy groups -OCH3 is 1. The van der Waals surface area contributed by atoms with Crippen LogP contribution in [0.2, 0.25) is 0 Å². The molecule has 0 aromatic carbocycles. The minimum atomic E-state index is -0.765. The molecule has 5 nitrogen and oxygen atoms in total. The number of aliphatic carboxylic acids is 1. The Labute approximate surface area is 168 Å². The van der Waals surface area contributed by atoms with Crippen LogP contribution in [-0.2, 0) is 9.53 Å². The number of ether oxygens (including phenoxy) is 1. The van der Waals surface area contributed by atoms with Gasteiger partial charge in [-0.3, -0.25) is 4.79 Å². The topological polar surface area (TPSA) is 87.0 Å². The predicted molar refractivity (Wildman–Crippen MR) is 107 cm³/mol. The number of carbonyl (C=O) groups is 1. The number of unbranched alkanes of at least 4 members (excludes halogenated alkanes) is 1. The number of carboxylic acid groups (broad SMARTS) is 1. The van der Waals surface area contributed by atoms with E-state index in [-0.39, 0.29) is 29.8 Å². The first kappa shape index (κ1) is 21.4. The summed E-state index contributed by atoms with van der Waals surface area (Å²) in [6.07, 6.45) is 10.5. The van der Waals surface area contributed by atoms with E-state index in [1.54, 1.807) is 7.11 Å². The van der Waals surface area contributed by atoms with Crippen LogP contribution in [0, 0.1) is 29.6 Å². The van der Waals surface area contributed by atoms with Gasteiger partial charge in [0.05, 0.1) is 17.6 Å². The number of aliphatic hydroxyl groups excluding tert-OH is 2. The molecule has 3 saturated carbocycles. The van der Waals surface area contributed by atoms with Crippen molar-refractivity contribution in [3.8, 4) is 11.8 Å². The zero-order chi connectivity index (χ0) is 20.1. The maximum Gasteiger partial charge on any atom is 0.303 e. The van der Waals surface area contributed by atoms with E-state index in [0.717, 1.165) is 32.1 Å². The molecule has 0 radical (unpaired) electrons. The van der Waals surface area contributed by atoms with Gasteiger partial charge < -0.3 is 20.1 Å². The summed E-state index contributed by atoms with van der Waals surface area (Å²) in [4.78, 5) is 10.7. The van der Waals surface area contributed by atoms with Crippen molar-refractivity contribution >= 4 is 5.97 Å². The van der Waals surface area contributed by atoms with Crippen molar-refractivity contribution in [3.63, 3.8) is 0 Å². The summed E-state index contributed by atoms with van der Waals surface area (Å²) in [7, 11) is 1.72. The maximum absolute atomic E-state index is 10.7. The fourth-order valence-electron chi connectivity index (χ4n) is 5.37. The fraction of sp³-hybridized carbons (Fsp3) is 0.783. The van der Waals surface area contributed by atoms with E-state index in [1.165, 1.54) is 24.8 Å². The van der Waals surface area contributed by atoms with Gasteiger partial charge in [0, 0.05) is 19.4 Å². The molecule has 0 aromatic heterocycles. The highest BCUT2D eigenvalue weighted by atomic mass is 16.5. The van der Waals surface area contributed by atoms with E-state index in [9.17, 15) is 15.0 Å². The van der Waals surface area contributed by atoms with Gasteiger partial charge in [-0.1, -0.05) is 37.2 Å². The van der Waals surface area contributed by atoms with Gasteiger partial charge in [0.1, 0.15) is 6.10 Å². The molecule has 5 atom stereocenters. The molecule has 0 spiro atoms. The Kier molecular flexibility index (Phi) is 7.20. The average Bonchev–Trinajstić information content (AvgIpc) is 2.68. The van der Waals surface area contributed by atoms with Crippen molar-refractivity contribution in [2.75, 3.05) is 7.11 Å². The van der Waals surface area contributed by atoms with Gasteiger partial charge >= 0.3 is 5.97 Å². The third-order valence-corrected chi connectivity index (χ3v) is 7.09. The molecule has 3 rings (SSSR count). The quantitative estimate of drug-likeness (QED) is 0.368. The first-order valence-electron chi connectivity index (χ1n) is 10.8. The summed E-state index contributed by atoms with van der Waals surface area (Å²) in [6, 6.07) is 0. The number of fused-ring (bicyclic) bond motifs is 1. The second kappa shape index (κ2) is 9.43. The molecule has 28 heavy (non-hydrogen) atoms. The lowest BCUT2D eigenvalue weighted by atomic mass is 9.53. The Morgan fingerprint density at radius 1 is 1.32 bits per heavy atom. The number of aliphatic hydroxyl groups is 2. The number of hydrogen-bond donors (Lipinski definition) is 3. The van der Waals surface area contributed by atoms with E-state index in [1.807, 2.05) is 0 Å². The second-order valence-electron chi connectivity index (χ2n) is 8.68. The predicted octanol–water partition coefficient (Wildman–Crippen LogP) is 3.29. The molecule has 0 saturated heterocycles. The lowest BCUT2D eigenvalue weighted by Crippen LogP contribution is -2.59. The Morgan fingerprint density at radius 2 is 2.07 bits per heavy atom. The zero-order valence-electron chi connectivity index (χ0n) is 16.9. The monoisotopic (exact) mass is 390 g/mol. The maximum atomic E-state index is 10.7. The molecule has 0 bridgehead atoms. The fourth-order valence-corrected chi connectivity index (χ4v) is 5.37. The van der Waals surface area contributed by atoms with Crippen LogP contribution < -0.4 is 0 Å². The van der Waals surface area contributed by atoms with Crippen molar-refractivity contribution in [2.45, 2.75) is 88.4 Å². The molecule has 3 N–H and O–H groups in total. The Balaban J connectivity index is 1.66. The summed E-state index contributed by atoms with van der Waals surface area (Å²) >= 11 is 0. The smallest absolute Gasteiger partial charge is 0.303 e. The first-order valence-corrected chi connectivity index (χ1v) is 10.8. The number of rotatable bonds is 6. The molecule has 0 heterocycles. The molecular formula is C23H34O5. The molecule has 0 aliphatic heterocycles. The average molecular weight is 391 g/mol. The Bertz CT molecular complexity index is 639. The molecule has 0 aromatic rings. The van der Waals surface area contributed by atoms with Crippen LogP contribution in [0.1, 0.15) is 70.6 Å². The molecule has 3 fully saturated rings. The second-order valence-corrected chi connectivity index (χ2v) is 8.68. The summed E-state index contributed by atoms with van der Waals surface area (Å²) in [5.74, 6) is 5.75. The lowest BCUT2D eigenvalue weighted by molar-refractivity contribution is -0.138. The van der Waals surface area contributed by atoms with E-state index in [2.05, 4.69) is 17.9 Å². The lowest BCUT2D eigenvalue weighted by Gasteiger charge is -2.57. The number of allylic oxidation sites excluding steroid dienone is 1. The van der Waals surface area contributed by atoms with Gasteiger partial charge in [-0.15, -0.1) is 0 Å². The summed E-state index contributed by atoms with van der Waals surface area (Å²) in [6.45, 7) is 0. The molecule has 1 unspecified atom stereocenters. The highest BCUT2D eigenvalue weighted by Crippen LogP contribution is 2.56. The van der Waals surface area contributed by atoms with Crippen molar-refractivity contribution in [1.82, 2.24) is 0 Å². The molecule has 156 valence electrons. The number of hydrogen-bond acceptors (Lipinski definition) is 4. The molecule has 0 amide bonds. The van der Waals surface area contributed by atoms with Gasteiger partial charge in [0.15, 0.2) is 0 Å². The van der Waals surface area contributed by atoms with E-state index in [0.29, 0.717) is 12.8 Å². The molecule has 5 heteroatoms. The summed E-state index contributed by atoms with van der Waals surface area (Å²) in [5.41, 5.74) is 0.842. The normalized spacial score (nSPS) is 35.4. The van der Waals surface area contributed by atoms with Crippen LogP contribution in [0.5, 0.6) is 0 Å². The standard InChI is InChI=1S/C23H34O5/c1-28-23-14-13-21(25)18(11-12-20(24)16-7-3-2-4-8-16)19(23)15-17(23)9-5-6-10-22(26)27/h9,16,18-21,24-25H,2-8,10,13-15H2,1H3,(H,26,27)/t18-,19-,20?,21-,23+/m1/s1. The van der Waals surface area contributed by atoms with Gasteiger partial charge in [-0.05, 0) is 56.4 Å². The number of carboxylic acids is 1. The summed E-state index contributed by atoms with van der Waals surface area (Å²) in [5, 5.41) is 29.8. The third-order valence-electron chi connectivity index (χ3n) is 7.09. The van der Waals surface area contributed by atoms with E-state index >= 15 is 0 Å². The van der Waals surface area contributed by atoms with Crippen LogP contribution in [0.15, 0.2) is 11.6 Å². The first-order chi connectivity index (χ1) is 13.5. The van der Waals surface area contributed by atoms with E-state index < -0.39 is 18.2 Å². The van der Waals surface area contributed by atoms with Crippen molar-refractivity contribution in [2.24, 2.45) is 17.8 Å². The minimum absolute atomic E-state index is 0.137.